The van der Waals surface area contributed by atoms with E-state index in [-0.39, 0.29) is 11.5 Å². The molecule has 25 heavy (non-hydrogen) atoms. The standard InChI is InChI=1S/C16H22N4O4S/c1-7(2)11(13(21)20-16(17)23)25-14-10(15(22)24-4)8(3)18-12(19-14)9-5-6-9/h7,9,11H,5-6H2,1-4H3,(H3,17,20,21,23)/t11-/m1/s1. The number of primary amides is 1. The van der Waals surface area contributed by atoms with Crippen LogP contribution in [0.2, 0.25) is 0 Å². The molecule has 0 bridgehead atoms. The SMILES string of the molecule is COC(=O)c1c(C)nc(C2CC2)nc1S[C@@H](C(=O)NC(N)=O)C(C)C. The molecule has 0 aromatic carbocycles. The lowest BCUT2D eigenvalue weighted by Crippen LogP contribution is -2.42. The summed E-state index contributed by atoms with van der Waals surface area (Å²) in [5.74, 6) is -0.227. The number of amides is 3. The number of aryl methyl sites for hydroxylation is 1. The Morgan fingerprint density at radius 2 is 1.92 bits per heavy atom. The third-order valence-corrected chi connectivity index (χ3v) is 5.29. The first-order chi connectivity index (χ1) is 11.7. The Morgan fingerprint density at radius 1 is 1.28 bits per heavy atom. The fourth-order valence-electron chi connectivity index (χ4n) is 2.32. The molecule has 8 nitrogen and oxygen atoms in total. The maximum atomic E-state index is 12.3. The van der Waals surface area contributed by atoms with Gasteiger partial charge in [0.15, 0.2) is 0 Å². The summed E-state index contributed by atoms with van der Waals surface area (Å²) in [7, 11) is 1.28. The minimum atomic E-state index is -0.915. The quantitative estimate of drug-likeness (QED) is 0.446. The highest BCUT2D eigenvalue weighted by Gasteiger charge is 2.32. The molecule has 1 fully saturated rings. The Bertz CT molecular complexity index is 704. The highest BCUT2D eigenvalue weighted by Crippen LogP contribution is 2.40. The number of carbonyl (C=O) groups is 3. The largest absolute Gasteiger partial charge is 0.465 e. The van der Waals surface area contributed by atoms with Gasteiger partial charge in [0.25, 0.3) is 0 Å². The van der Waals surface area contributed by atoms with Crippen molar-refractivity contribution in [2.75, 3.05) is 7.11 Å². The van der Waals surface area contributed by atoms with Crippen LogP contribution in [0.5, 0.6) is 0 Å². The Kier molecular flexibility index (Phi) is 5.99. The number of nitrogens with one attached hydrogen (secondary N) is 1. The van der Waals surface area contributed by atoms with E-state index in [1.54, 1.807) is 6.92 Å². The summed E-state index contributed by atoms with van der Waals surface area (Å²) < 4.78 is 4.83. The van der Waals surface area contributed by atoms with E-state index in [9.17, 15) is 14.4 Å². The minimum Gasteiger partial charge on any atom is -0.465 e. The molecule has 0 aliphatic heterocycles. The number of thioether (sulfide) groups is 1. The lowest BCUT2D eigenvalue weighted by atomic mass is 10.1. The average Bonchev–Trinajstić information content (AvgIpc) is 3.35. The van der Waals surface area contributed by atoms with E-state index in [1.807, 2.05) is 13.8 Å². The summed E-state index contributed by atoms with van der Waals surface area (Å²) in [5.41, 5.74) is 5.80. The number of esters is 1. The first kappa shape index (κ1) is 19.2. The normalized spacial score (nSPS) is 14.9. The number of hydrogen-bond acceptors (Lipinski definition) is 7. The number of urea groups is 1. The number of carbonyl (C=O) groups excluding carboxylic acids is 3. The monoisotopic (exact) mass is 366 g/mol. The third-order valence-electron chi connectivity index (χ3n) is 3.75. The molecule has 1 aromatic rings. The second-order valence-corrected chi connectivity index (χ2v) is 7.38. The third kappa shape index (κ3) is 4.68. The molecule has 1 aliphatic carbocycles. The lowest BCUT2D eigenvalue weighted by Gasteiger charge is -2.20. The van der Waals surface area contributed by atoms with E-state index in [2.05, 4.69) is 15.3 Å². The fraction of sp³-hybridized carbons (Fsp3) is 0.562. The molecule has 3 N–H and O–H groups in total. The van der Waals surface area contributed by atoms with E-state index in [0.717, 1.165) is 24.6 Å². The van der Waals surface area contributed by atoms with Crippen molar-refractivity contribution in [3.63, 3.8) is 0 Å². The van der Waals surface area contributed by atoms with E-state index in [1.165, 1.54) is 7.11 Å². The number of imide groups is 1. The topological polar surface area (TPSA) is 124 Å². The molecule has 136 valence electrons. The van der Waals surface area contributed by atoms with Gasteiger partial charge in [-0.1, -0.05) is 25.6 Å². The smallest absolute Gasteiger partial charge is 0.342 e. The molecule has 1 aliphatic rings. The van der Waals surface area contributed by atoms with E-state index < -0.39 is 23.2 Å². The van der Waals surface area contributed by atoms with Crippen LogP contribution in [0.4, 0.5) is 4.79 Å². The van der Waals surface area contributed by atoms with E-state index in [0.29, 0.717) is 22.5 Å². The van der Waals surface area contributed by atoms with Gasteiger partial charge in [-0.2, -0.15) is 0 Å². The predicted molar refractivity (Wildman–Crippen MR) is 92.3 cm³/mol. The first-order valence-corrected chi connectivity index (χ1v) is 8.86. The molecule has 3 amide bonds. The zero-order valence-electron chi connectivity index (χ0n) is 14.7. The highest BCUT2D eigenvalue weighted by molar-refractivity contribution is 8.00. The second-order valence-electron chi connectivity index (χ2n) is 6.25. The molecule has 1 heterocycles. The molecule has 0 saturated heterocycles. The van der Waals surface area contributed by atoms with Gasteiger partial charge in [-0.3, -0.25) is 10.1 Å². The molecule has 1 atom stereocenters. The van der Waals surface area contributed by atoms with Crippen LogP contribution in [0.25, 0.3) is 0 Å². The summed E-state index contributed by atoms with van der Waals surface area (Å²) in [6.45, 7) is 5.40. The van der Waals surface area contributed by atoms with Crippen LogP contribution < -0.4 is 11.1 Å². The molecule has 1 aromatic heterocycles. The van der Waals surface area contributed by atoms with Gasteiger partial charge in [0.05, 0.1) is 18.1 Å². The molecule has 9 heteroatoms. The van der Waals surface area contributed by atoms with Crippen molar-refractivity contribution in [2.24, 2.45) is 11.7 Å². The lowest BCUT2D eigenvalue weighted by molar-refractivity contribution is -0.120. The number of aromatic nitrogens is 2. The zero-order chi connectivity index (χ0) is 18.7. The summed E-state index contributed by atoms with van der Waals surface area (Å²) in [5, 5.41) is 1.84. The van der Waals surface area contributed by atoms with E-state index >= 15 is 0 Å². The molecule has 0 radical (unpaired) electrons. The Balaban J connectivity index is 2.41. The second kappa shape index (κ2) is 7.81. The summed E-state index contributed by atoms with van der Waals surface area (Å²) in [6.07, 6.45) is 2.02. The van der Waals surface area contributed by atoms with Gasteiger partial charge >= 0.3 is 12.0 Å². The number of ether oxygens (including phenoxy) is 1. The molecule has 1 saturated carbocycles. The maximum Gasteiger partial charge on any atom is 0.342 e. The van der Waals surface area contributed by atoms with Crippen LogP contribution in [0.1, 0.15) is 54.5 Å². The van der Waals surface area contributed by atoms with Crippen molar-refractivity contribution in [2.45, 2.75) is 49.8 Å². The van der Waals surface area contributed by atoms with Crippen molar-refractivity contribution in [3.05, 3.63) is 17.1 Å². The van der Waals surface area contributed by atoms with Crippen molar-refractivity contribution in [1.82, 2.24) is 15.3 Å². The Hall–Kier alpha value is -2.16. The zero-order valence-corrected chi connectivity index (χ0v) is 15.5. The van der Waals surface area contributed by atoms with Crippen LogP contribution in [0, 0.1) is 12.8 Å². The van der Waals surface area contributed by atoms with Gasteiger partial charge in [0, 0.05) is 5.92 Å². The average molecular weight is 366 g/mol. The summed E-state index contributed by atoms with van der Waals surface area (Å²) in [4.78, 5) is 44.3. The summed E-state index contributed by atoms with van der Waals surface area (Å²) >= 11 is 1.12. The van der Waals surface area contributed by atoms with Gasteiger partial charge in [-0.15, -0.1) is 0 Å². The highest BCUT2D eigenvalue weighted by atomic mass is 32.2. The van der Waals surface area contributed by atoms with Crippen LogP contribution in [-0.4, -0.2) is 40.2 Å². The Labute approximate surface area is 150 Å². The van der Waals surface area contributed by atoms with Crippen LogP contribution >= 0.6 is 11.8 Å². The number of nitrogens with two attached hydrogens (primary N) is 1. The van der Waals surface area contributed by atoms with Crippen molar-refractivity contribution in [3.8, 4) is 0 Å². The molecular weight excluding hydrogens is 344 g/mol. The molecule has 0 spiro atoms. The fourth-order valence-corrected chi connectivity index (χ4v) is 3.49. The van der Waals surface area contributed by atoms with Gasteiger partial charge in [-0.05, 0) is 25.7 Å². The van der Waals surface area contributed by atoms with Gasteiger partial charge < -0.3 is 10.5 Å². The van der Waals surface area contributed by atoms with Crippen LogP contribution in [0.3, 0.4) is 0 Å². The number of nitrogens with zero attached hydrogens (tertiary/aromatic N) is 2. The van der Waals surface area contributed by atoms with E-state index in [4.69, 9.17) is 10.5 Å². The maximum absolute atomic E-state index is 12.3. The first-order valence-electron chi connectivity index (χ1n) is 7.98. The number of hydrogen-bond donors (Lipinski definition) is 2. The predicted octanol–water partition coefficient (Wildman–Crippen LogP) is 1.76. The van der Waals surface area contributed by atoms with Gasteiger partial charge in [0.2, 0.25) is 5.91 Å². The molecular formula is C16H22N4O4S. The van der Waals surface area contributed by atoms with Gasteiger partial charge in [-0.25, -0.2) is 19.6 Å². The van der Waals surface area contributed by atoms with Gasteiger partial charge in [0.1, 0.15) is 16.4 Å². The Morgan fingerprint density at radius 3 is 2.40 bits per heavy atom. The van der Waals surface area contributed by atoms with Crippen molar-refractivity contribution >= 4 is 29.7 Å². The number of rotatable bonds is 6. The minimum absolute atomic E-state index is 0.116. The van der Waals surface area contributed by atoms with Crippen LogP contribution in [-0.2, 0) is 9.53 Å². The van der Waals surface area contributed by atoms with Crippen molar-refractivity contribution < 1.29 is 19.1 Å². The number of methoxy groups -OCH3 is 1. The molecule has 2 rings (SSSR count). The van der Waals surface area contributed by atoms with Crippen molar-refractivity contribution in [1.29, 1.82) is 0 Å². The molecule has 0 unspecified atom stereocenters. The summed E-state index contributed by atoms with van der Waals surface area (Å²) in [6, 6.07) is -0.915. The van der Waals surface area contributed by atoms with Crippen LogP contribution in [0.15, 0.2) is 5.03 Å².